The molecule has 112 valence electrons. The van der Waals surface area contributed by atoms with Gasteiger partial charge >= 0.3 is 12.0 Å². The van der Waals surface area contributed by atoms with Gasteiger partial charge in [0.25, 0.3) is 0 Å². The van der Waals surface area contributed by atoms with E-state index in [1.165, 1.54) is 0 Å². The Bertz CT molecular complexity index is 588. The van der Waals surface area contributed by atoms with Gasteiger partial charge in [-0.2, -0.15) is 0 Å². The van der Waals surface area contributed by atoms with Crippen LogP contribution in [-0.4, -0.2) is 46.0 Å². The molecular formula is C15H19N3O3. The summed E-state index contributed by atoms with van der Waals surface area (Å²) in [5, 5.41) is 9.02. The Hall–Kier alpha value is -2.08. The molecule has 1 unspecified atom stereocenters. The molecule has 0 aliphatic carbocycles. The first-order valence-electron chi connectivity index (χ1n) is 7.19. The fraction of sp³-hybridized carbons (Fsp3) is 0.467. The molecule has 3 N–H and O–H groups in total. The molecule has 6 heteroatoms. The molecule has 0 aromatic heterocycles. The van der Waals surface area contributed by atoms with E-state index in [-0.39, 0.29) is 17.6 Å². The van der Waals surface area contributed by atoms with Gasteiger partial charge in [-0.05, 0) is 36.1 Å². The molecule has 21 heavy (non-hydrogen) atoms. The molecule has 1 saturated heterocycles. The number of urea groups is 1. The lowest BCUT2D eigenvalue weighted by molar-refractivity contribution is 0.0696. The molecule has 0 radical (unpaired) electrons. The van der Waals surface area contributed by atoms with Crippen LogP contribution in [0, 0.1) is 0 Å². The summed E-state index contributed by atoms with van der Waals surface area (Å²) >= 11 is 0. The van der Waals surface area contributed by atoms with Crippen LogP contribution in [0.4, 0.5) is 4.79 Å². The van der Waals surface area contributed by atoms with Crippen molar-refractivity contribution in [2.45, 2.75) is 32.0 Å². The fourth-order valence-electron chi connectivity index (χ4n) is 3.05. The van der Waals surface area contributed by atoms with Gasteiger partial charge in [0, 0.05) is 32.2 Å². The first-order chi connectivity index (χ1) is 10.0. The Kier molecular flexibility index (Phi) is 3.55. The summed E-state index contributed by atoms with van der Waals surface area (Å²) < 4.78 is 0. The number of carboxylic acids is 1. The minimum atomic E-state index is -0.940. The largest absolute Gasteiger partial charge is 0.478 e. The van der Waals surface area contributed by atoms with Gasteiger partial charge in [-0.15, -0.1) is 0 Å². The summed E-state index contributed by atoms with van der Waals surface area (Å²) in [6.45, 7) is 2.37. The topological polar surface area (TPSA) is 86.9 Å². The van der Waals surface area contributed by atoms with E-state index in [4.69, 9.17) is 10.8 Å². The van der Waals surface area contributed by atoms with E-state index in [1.807, 2.05) is 0 Å². The minimum Gasteiger partial charge on any atom is -0.478 e. The van der Waals surface area contributed by atoms with E-state index in [0.717, 1.165) is 30.5 Å². The van der Waals surface area contributed by atoms with Crippen molar-refractivity contribution in [3.05, 3.63) is 34.9 Å². The maximum Gasteiger partial charge on any atom is 0.335 e. The fourth-order valence-corrected chi connectivity index (χ4v) is 3.05. The molecule has 0 spiro atoms. The van der Waals surface area contributed by atoms with E-state index in [2.05, 4.69) is 0 Å². The molecule has 2 aliphatic heterocycles. The standard InChI is InChI=1S/C15H19N3O3/c16-13-2-1-5-17(9-13)15(21)18-7-11-4-3-10(14(19)20)6-12(11)8-18/h3-4,6,13H,1-2,5,7-9,16H2,(H,19,20). The highest BCUT2D eigenvalue weighted by atomic mass is 16.4. The molecule has 3 rings (SSSR count). The molecular weight excluding hydrogens is 270 g/mol. The van der Waals surface area contributed by atoms with Gasteiger partial charge in [0.2, 0.25) is 0 Å². The molecule has 1 fully saturated rings. The normalized spacial score (nSPS) is 21.3. The summed E-state index contributed by atoms with van der Waals surface area (Å²) in [6.07, 6.45) is 1.91. The van der Waals surface area contributed by atoms with Crippen LogP contribution in [0.2, 0.25) is 0 Å². The number of nitrogens with two attached hydrogens (primary N) is 1. The number of aromatic carboxylic acids is 1. The monoisotopic (exact) mass is 289 g/mol. The van der Waals surface area contributed by atoms with E-state index in [0.29, 0.717) is 19.6 Å². The smallest absolute Gasteiger partial charge is 0.335 e. The first kappa shape index (κ1) is 13.9. The maximum absolute atomic E-state index is 12.5. The summed E-state index contributed by atoms with van der Waals surface area (Å²) in [7, 11) is 0. The summed E-state index contributed by atoms with van der Waals surface area (Å²) in [4.78, 5) is 27.1. The summed E-state index contributed by atoms with van der Waals surface area (Å²) in [5.41, 5.74) is 8.13. The SMILES string of the molecule is NC1CCCN(C(=O)N2Cc3ccc(C(=O)O)cc3C2)C1. The van der Waals surface area contributed by atoms with Crippen LogP contribution in [0.5, 0.6) is 0 Å². The van der Waals surface area contributed by atoms with Crippen molar-refractivity contribution in [3.63, 3.8) is 0 Å². The van der Waals surface area contributed by atoms with Gasteiger partial charge in [0.15, 0.2) is 0 Å². The van der Waals surface area contributed by atoms with Crippen LogP contribution < -0.4 is 5.73 Å². The zero-order valence-electron chi connectivity index (χ0n) is 11.8. The maximum atomic E-state index is 12.5. The Morgan fingerprint density at radius 3 is 2.67 bits per heavy atom. The second-order valence-corrected chi connectivity index (χ2v) is 5.78. The first-order valence-corrected chi connectivity index (χ1v) is 7.19. The Morgan fingerprint density at radius 2 is 1.95 bits per heavy atom. The number of nitrogens with zero attached hydrogens (tertiary/aromatic N) is 2. The molecule has 1 atom stereocenters. The number of carbonyl (C=O) groups excluding carboxylic acids is 1. The Balaban J connectivity index is 1.72. The summed E-state index contributed by atoms with van der Waals surface area (Å²) in [6, 6.07) is 5.11. The lowest BCUT2D eigenvalue weighted by atomic mass is 10.1. The molecule has 0 bridgehead atoms. The van der Waals surface area contributed by atoms with Crippen molar-refractivity contribution in [3.8, 4) is 0 Å². The lowest BCUT2D eigenvalue weighted by Crippen LogP contribution is -2.49. The number of carboxylic acid groups (broad SMARTS) is 1. The van der Waals surface area contributed by atoms with Crippen LogP contribution in [0.3, 0.4) is 0 Å². The lowest BCUT2D eigenvalue weighted by Gasteiger charge is -2.33. The molecule has 2 aliphatic rings. The number of likely N-dealkylation sites (tertiary alicyclic amines) is 1. The van der Waals surface area contributed by atoms with Crippen molar-refractivity contribution < 1.29 is 14.7 Å². The molecule has 1 aromatic carbocycles. The predicted molar refractivity (Wildman–Crippen MR) is 76.8 cm³/mol. The van der Waals surface area contributed by atoms with Gasteiger partial charge in [0.05, 0.1) is 5.56 Å². The van der Waals surface area contributed by atoms with Gasteiger partial charge in [-0.25, -0.2) is 9.59 Å². The Morgan fingerprint density at radius 1 is 1.19 bits per heavy atom. The highest BCUT2D eigenvalue weighted by Gasteiger charge is 2.29. The number of benzene rings is 1. The highest BCUT2D eigenvalue weighted by Crippen LogP contribution is 2.25. The van der Waals surface area contributed by atoms with Crippen LogP contribution >= 0.6 is 0 Å². The molecule has 2 amide bonds. The van der Waals surface area contributed by atoms with Gasteiger partial charge < -0.3 is 20.6 Å². The van der Waals surface area contributed by atoms with E-state index in [1.54, 1.807) is 28.0 Å². The highest BCUT2D eigenvalue weighted by molar-refractivity contribution is 5.88. The minimum absolute atomic E-state index is 0.00164. The average Bonchev–Trinajstić information content (AvgIpc) is 2.89. The second kappa shape index (κ2) is 5.37. The van der Waals surface area contributed by atoms with Crippen molar-refractivity contribution >= 4 is 12.0 Å². The zero-order valence-corrected chi connectivity index (χ0v) is 11.8. The van der Waals surface area contributed by atoms with Crippen molar-refractivity contribution in [1.29, 1.82) is 0 Å². The molecule has 0 saturated carbocycles. The number of fused-ring (bicyclic) bond motifs is 1. The van der Waals surface area contributed by atoms with Gasteiger partial charge in [-0.3, -0.25) is 0 Å². The van der Waals surface area contributed by atoms with E-state index >= 15 is 0 Å². The van der Waals surface area contributed by atoms with Crippen LogP contribution in [0.1, 0.15) is 34.3 Å². The number of rotatable bonds is 1. The number of hydrogen-bond donors (Lipinski definition) is 2. The van der Waals surface area contributed by atoms with Gasteiger partial charge in [-0.1, -0.05) is 6.07 Å². The number of hydrogen-bond acceptors (Lipinski definition) is 3. The third-order valence-electron chi connectivity index (χ3n) is 4.17. The molecule has 2 heterocycles. The molecule has 1 aromatic rings. The van der Waals surface area contributed by atoms with Crippen LogP contribution in [0.25, 0.3) is 0 Å². The molecule has 6 nitrogen and oxygen atoms in total. The number of amides is 2. The van der Waals surface area contributed by atoms with E-state index in [9.17, 15) is 9.59 Å². The van der Waals surface area contributed by atoms with Crippen LogP contribution in [-0.2, 0) is 13.1 Å². The quantitative estimate of drug-likeness (QED) is 0.814. The third-order valence-corrected chi connectivity index (χ3v) is 4.17. The van der Waals surface area contributed by atoms with Crippen molar-refractivity contribution in [2.24, 2.45) is 5.73 Å². The predicted octanol–water partition coefficient (Wildman–Crippen LogP) is 1.24. The van der Waals surface area contributed by atoms with E-state index < -0.39 is 5.97 Å². The second-order valence-electron chi connectivity index (χ2n) is 5.78. The third kappa shape index (κ3) is 2.71. The summed E-state index contributed by atoms with van der Waals surface area (Å²) in [5.74, 6) is -0.940. The van der Waals surface area contributed by atoms with Crippen molar-refractivity contribution in [2.75, 3.05) is 13.1 Å². The number of carbonyl (C=O) groups is 2. The van der Waals surface area contributed by atoms with Gasteiger partial charge in [0.1, 0.15) is 0 Å². The number of piperidine rings is 1. The average molecular weight is 289 g/mol. The zero-order chi connectivity index (χ0) is 15.0. The van der Waals surface area contributed by atoms with Crippen molar-refractivity contribution in [1.82, 2.24) is 9.80 Å². The van der Waals surface area contributed by atoms with Crippen LogP contribution in [0.15, 0.2) is 18.2 Å². The Labute approximate surface area is 123 Å².